The average molecular weight is 290 g/mol. The fourth-order valence-electron chi connectivity index (χ4n) is 2.63. The van der Waals surface area contributed by atoms with Gasteiger partial charge < -0.3 is 10.6 Å². The summed E-state index contributed by atoms with van der Waals surface area (Å²) in [5.41, 5.74) is 6.90. The second-order valence-electron chi connectivity index (χ2n) is 5.69. The number of nitrogens with zero attached hydrogens (tertiary/aromatic N) is 3. The maximum atomic E-state index is 12.5. The van der Waals surface area contributed by atoms with Crippen LogP contribution in [-0.2, 0) is 4.79 Å². The van der Waals surface area contributed by atoms with Crippen molar-refractivity contribution >= 4 is 11.8 Å². The van der Waals surface area contributed by atoms with Gasteiger partial charge in [0.2, 0.25) is 5.91 Å². The molecule has 0 spiro atoms. The van der Waals surface area contributed by atoms with Crippen molar-refractivity contribution in [1.82, 2.24) is 14.8 Å². The highest BCUT2D eigenvalue weighted by molar-refractivity contribution is 5.94. The van der Waals surface area contributed by atoms with Crippen molar-refractivity contribution in [3.63, 3.8) is 0 Å². The lowest BCUT2D eigenvalue weighted by Gasteiger charge is -2.42. The Kier molecular flexibility index (Phi) is 4.57. The molecule has 6 heteroatoms. The second-order valence-corrected chi connectivity index (χ2v) is 5.69. The molecule has 1 aliphatic rings. The number of primary amides is 1. The van der Waals surface area contributed by atoms with E-state index in [0.29, 0.717) is 25.2 Å². The van der Waals surface area contributed by atoms with Gasteiger partial charge in [-0.1, -0.05) is 0 Å². The molecular formula is C15H22N4O2. The first-order chi connectivity index (χ1) is 9.90. The Morgan fingerprint density at radius 1 is 1.33 bits per heavy atom. The number of carbonyl (C=O) groups is 2. The van der Waals surface area contributed by atoms with E-state index in [4.69, 9.17) is 5.73 Å². The topological polar surface area (TPSA) is 79.5 Å². The smallest absolute Gasteiger partial charge is 0.255 e. The van der Waals surface area contributed by atoms with Crippen molar-refractivity contribution in [1.29, 1.82) is 0 Å². The van der Waals surface area contributed by atoms with Crippen molar-refractivity contribution < 1.29 is 9.59 Å². The minimum absolute atomic E-state index is 0.0999. The van der Waals surface area contributed by atoms with Crippen LogP contribution in [0.4, 0.5) is 0 Å². The van der Waals surface area contributed by atoms with E-state index >= 15 is 0 Å². The summed E-state index contributed by atoms with van der Waals surface area (Å²) in [6.45, 7) is 7.50. The molecular weight excluding hydrogens is 268 g/mol. The van der Waals surface area contributed by atoms with Crippen molar-refractivity contribution in [3.05, 3.63) is 29.6 Å². The Bertz CT molecular complexity index is 527. The fourth-order valence-corrected chi connectivity index (χ4v) is 2.63. The lowest BCUT2D eigenvalue weighted by molar-refractivity contribution is -0.126. The monoisotopic (exact) mass is 290 g/mol. The predicted octanol–water partition coefficient (Wildman–Crippen LogP) is 0.410. The molecule has 0 saturated carbocycles. The molecule has 0 aliphatic carbocycles. The van der Waals surface area contributed by atoms with E-state index in [2.05, 4.69) is 4.98 Å². The van der Waals surface area contributed by atoms with Crippen LogP contribution in [0.25, 0.3) is 0 Å². The van der Waals surface area contributed by atoms with Gasteiger partial charge in [-0.15, -0.1) is 0 Å². The maximum absolute atomic E-state index is 12.5. The minimum Gasteiger partial charge on any atom is -0.368 e. The number of carbonyl (C=O) groups excluding carboxylic acids is 2. The lowest BCUT2D eigenvalue weighted by atomic mass is 10.1. The molecule has 0 radical (unpaired) electrons. The van der Waals surface area contributed by atoms with Gasteiger partial charge in [-0.25, -0.2) is 0 Å². The van der Waals surface area contributed by atoms with E-state index in [9.17, 15) is 9.59 Å². The van der Waals surface area contributed by atoms with E-state index in [1.165, 1.54) is 0 Å². The van der Waals surface area contributed by atoms with Gasteiger partial charge in [0.1, 0.15) is 6.04 Å². The first-order valence-electron chi connectivity index (χ1n) is 7.17. The van der Waals surface area contributed by atoms with Crippen LogP contribution in [0.2, 0.25) is 0 Å². The Hall–Kier alpha value is -1.95. The highest BCUT2D eigenvalue weighted by Crippen LogP contribution is 2.15. The van der Waals surface area contributed by atoms with Crippen LogP contribution in [0.1, 0.15) is 29.9 Å². The summed E-state index contributed by atoms with van der Waals surface area (Å²) in [5.74, 6) is -0.486. The van der Waals surface area contributed by atoms with Crippen LogP contribution >= 0.6 is 0 Å². The molecule has 6 nitrogen and oxygen atoms in total. The zero-order chi connectivity index (χ0) is 15.6. The molecule has 1 aromatic heterocycles. The molecule has 21 heavy (non-hydrogen) atoms. The number of nitrogens with two attached hydrogens (primary N) is 1. The van der Waals surface area contributed by atoms with Crippen LogP contribution in [-0.4, -0.2) is 58.3 Å². The third-order valence-electron chi connectivity index (χ3n) is 3.86. The molecule has 2 heterocycles. The SMILES string of the molecule is Cc1ccc(C(=O)N2CCN(C(C)C)[C@@H](C(N)=O)C2)cn1. The zero-order valence-corrected chi connectivity index (χ0v) is 12.7. The number of piperazine rings is 1. The van der Waals surface area contributed by atoms with Gasteiger partial charge >= 0.3 is 0 Å². The molecule has 1 fully saturated rings. The number of amides is 2. The third kappa shape index (κ3) is 3.39. The Labute approximate surface area is 124 Å². The summed E-state index contributed by atoms with van der Waals surface area (Å²) in [4.78, 5) is 32.0. The summed E-state index contributed by atoms with van der Waals surface area (Å²) in [5, 5.41) is 0. The number of aryl methyl sites for hydroxylation is 1. The van der Waals surface area contributed by atoms with Crippen LogP contribution in [0.3, 0.4) is 0 Å². The normalized spacial score (nSPS) is 19.8. The van der Waals surface area contributed by atoms with Gasteiger partial charge in [0.05, 0.1) is 5.56 Å². The van der Waals surface area contributed by atoms with Gasteiger partial charge in [-0.05, 0) is 32.9 Å². The van der Waals surface area contributed by atoms with Gasteiger partial charge in [-0.2, -0.15) is 0 Å². The van der Waals surface area contributed by atoms with Crippen LogP contribution in [0.15, 0.2) is 18.3 Å². The molecule has 2 N–H and O–H groups in total. The molecule has 1 saturated heterocycles. The first-order valence-corrected chi connectivity index (χ1v) is 7.17. The van der Waals surface area contributed by atoms with Gasteiger partial charge in [-0.3, -0.25) is 19.5 Å². The van der Waals surface area contributed by atoms with Crippen molar-refractivity contribution in [3.8, 4) is 0 Å². The molecule has 2 rings (SSSR count). The number of hydrogen-bond donors (Lipinski definition) is 1. The number of pyridine rings is 1. The van der Waals surface area contributed by atoms with E-state index in [1.807, 2.05) is 31.7 Å². The molecule has 114 valence electrons. The minimum atomic E-state index is -0.430. The second kappa shape index (κ2) is 6.22. The van der Waals surface area contributed by atoms with E-state index in [0.717, 1.165) is 5.69 Å². The summed E-state index contributed by atoms with van der Waals surface area (Å²) in [6.07, 6.45) is 1.58. The summed E-state index contributed by atoms with van der Waals surface area (Å²) in [7, 11) is 0. The highest BCUT2D eigenvalue weighted by atomic mass is 16.2. The van der Waals surface area contributed by atoms with Crippen LogP contribution < -0.4 is 5.73 Å². The Morgan fingerprint density at radius 2 is 2.05 bits per heavy atom. The standard InChI is InChI=1S/C15H22N4O2/c1-10(2)19-7-6-18(9-13(19)14(16)20)15(21)12-5-4-11(3)17-8-12/h4-5,8,10,13H,6-7,9H2,1-3H3,(H2,16,20)/t13-/m1/s1. The molecule has 0 aromatic carbocycles. The number of hydrogen-bond acceptors (Lipinski definition) is 4. The van der Waals surface area contributed by atoms with Gasteiger partial charge in [0, 0.05) is 37.6 Å². The predicted molar refractivity (Wildman–Crippen MR) is 79.7 cm³/mol. The molecule has 0 unspecified atom stereocenters. The molecule has 2 amide bonds. The summed E-state index contributed by atoms with van der Waals surface area (Å²) in [6, 6.07) is 3.36. The fraction of sp³-hybridized carbons (Fsp3) is 0.533. The first kappa shape index (κ1) is 15.4. The summed E-state index contributed by atoms with van der Waals surface area (Å²) < 4.78 is 0. The Balaban J connectivity index is 2.13. The van der Waals surface area contributed by atoms with Crippen molar-refractivity contribution in [2.24, 2.45) is 5.73 Å². The lowest BCUT2D eigenvalue weighted by Crippen LogP contribution is -2.61. The van der Waals surface area contributed by atoms with Crippen LogP contribution in [0, 0.1) is 6.92 Å². The maximum Gasteiger partial charge on any atom is 0.255 e. The Morgan fingerprint density at radius 3 is 2.57 bits per heavy atom. The van der Waals surface area contributed by atoms with E-state index in [1.54, 1.807) is 17.2 Å². The largest absolute Gasteiger partial charge is 0.368 e. The van der Waals surface area contributed by atoms with Gasteiger partial charge in [0.15, 0.2) is 0 Å². The number of rotatable bonds is 3. The molecule has 1 atom stereocenters. The summed E-state index contributed by atoms with van der Waals surface area (Å²) >= 11 is 0. The quantitative estimate of drug-likeness (QED) is 0.874. The van der Waals surface area contributed by atoms with Crippen molar-refractivity contribution in [2.45, 2.75) is 32.9 Å². The van der Waals surface area contributed by atoms with Gasteiger partial charge in [0.25, 0.3) is 5.91 Å². The molecule has 1 aromatic rings. The van der Waals surface area contributed by atoms with Crippen molar-refractivity contribution in [2.75, 3.05) is 19.6 Å². The van der Waals surface area contributed by atoms with E-state index in [-0.39, 0.29) is 17.9 Å². The van der Waals surface area contributed by atoms with Crippen LogP contribution in [0.5, 0.6) is 0 Å². The number of aromatic nitrogens is 1. The third-order valence-corrected chi connectivity index (χ3v) is 3.86. The molecule has 1 aliphatic heterocycles. The highest BCUT2D eigenvalue weighted by Gasteiger charge is 2.34. The van der Waals surface area contributed by atoms with E-state index < -0.39 is 6.04 Å². The zero-order valence-electron chi connectivity index (χ0n) is 12.7. The molecule has 0 bridgehead atoms. The average Bonchev–Trinajstić information content (AvgIpc) is 2.46.